The first kappa shape index (κ1) is 18.5. The Morgan fingerprint density at radius 2 is 1.61 bits per heavy atom. The number of carbonyl (C=O) groups is 3. The van der Waals surface area contributed by atoms with Gasteiger partial charge in [-0.25, -0.2) is 0 Å². The van der Waals surface area contributed by atoms with Gasteiger partial charge in [-0.1, -0.05) is 0 Å². The van der Waals surface area contributed by atoms with Crippen molar-refractivity contribution < 1.29 is 28.6 Å². The van der Waals surface area contributed by atoms with Gasteiger partial charge < -0.3 is 19.1 Å². The van der Waals surface area contributed by atoms with Crippen LogP contribution in [-0.2, 0) is 19.1 Å². The van der Waals surface area contributed by atoms with Crippen LogP contribution in [0, 0.1) is 0 Å². The molecule has 1 aromatic carbocycles. The summed E-state index contributed by atoms with van der Waals surface area (Å²) in [5, 5.41) is 0. The quantitative estimate of drug-likeness (QED) is 0.670. The molecule has 0 aromatic heterocycles. The second kappa shape index (κ2) is 9.45. The number of hydrogen-bond donors (Lipinski definition) is 0. The molecular formula is C16H21NO6. The third-order valence-electron chi connectivity index (χ3n) is 3.06. The van der Waals surface area contributed by atoms with Crippen LogP contribution in [0.2, 0.25) is 0 Å². The Bertz CT molecular complexity index is 540. The van der Waals surface area contributed by atoms with E-state index < -0.39 is 11.9 Å². The fourth-order valence-corrected chi connectivity index (χ4v) is 1.84. The summed E-state index contributed by atoms with van der Waals surface area (Å²) in [6.07, 6.45) is -0.00371. The molecule has 1 rings (SSSR count). The minimum Gasteiger partial charge on any atom is -0.494 e. The molecule has 0 aliphatic heterocycles. The number of amides is 1. The first-order valence-corrected chi connectivity index (χ1v) is 7.17. The van der Waals surface area contributed by atoms with Gasteiger partial charge in [0.2, 0.25) is 0 Å². The average molecular weight is 323 g/mol. The lowest BCUT2D eigenvalue weighted by Gasteiger charge is -2.21. The van der Waals surface area contributed by atoms with Gasteiger partial charge in [-0.3, -0.25) is 14.4 Å². The maximum Gasteiger partial charge on any atom is 0.325 e. The largest absolute Gasteiger partial charge is 0.494 e. The molecule has 0 aliphatic carbocycles. The van der Waals surface area contributed by atoms with E-state index in [1.807, 2.05) is 6.92 Å². The van der Waals surface area contributed by atoms with E-state index in [4.69, 9.17) is 4.74 Å². The highest BCUT2D eigenvalue weighted by atomic mass is 16.5. The number of carbonyl (C=O) groups excluding carboxylic acids is 3. The van der Waals surface area contributed by atoms with Gasteiger partial charge in [0.05, 0.1) is 27.2 Å². The minimum atomic E-state index is -0.561. The molecule has 0 aliphatic rings. The molecule has 0 atom stereocenters. The molecule has 0 saturated carbocycles. The number of nitrogens with zero attached hydrogens (tertiary/aromatic N) is 1. The van der Waals surface area contributed by atoms with Gasteiger partial charge in [0.25, 0.3) is 5.91 Å². The topological polar surface area (TPSA) is 82.1 Å². The van der Waals surface area contributed by atoms with Crippen LogP contribution in [0.4, 0.5) is 0 Å². The smallest absolute Gasteiger partial charge is 0.325 e. The number of methoxy groups -OCH3 is 2. The highest BCUT2D eigenvalue weighted by Crippen LogP contribution is 2.14. The maximum absolute atomic E-state index is 12.5. The Balaban J connectivity index is 2.83. The van der Waals surface area contributed by atoms with Crippen molar-refractivity contribution in [3.8, 4) is 5.75 Å². The van der Waals surface area contributed by atoms with Crippen molar-refractivity contribution in [1.29, 1.82) is 0 Å². The van der Waals surface area contributed by atoms with Crippen molar-refractivity contribution in [2.75, 3.05) is 33.9 Å². The summed E-state index contributed by atoms with van der Waals surface area (Å²) in [4.78, 5) is 36.5. The lowest BCUT2D eigenvalue weighted by Crippen LogP contribution is -2.37. The number of esters is 2. The van der Waals surface area contributed by atoms with Crippen molar-refractivity contribution >= 4 is 17.8 Å². The van der Waals surface area contributed by atoms with Crippen LogP contribution in [0.5, 0.6) is 5.75 Å². The van der Waals surface area contributed by atoms with E-state index in [0.29, 0.717) is 17.9 Å². The summed E-state index contributed by atoms with van der Waals surface area (Å²) in [6.45, 7) is 2.22. The monoisotopic (exact) mass is 323 g/mol. The zero-order valence-electron chi connectivity index (χ0n) is 13.5. The standard InChI is InChI=1S/C16H21NO6/c1-4-23-13-7-5-12(6-8-13)16(20)17(11-15(19)22-3)10-9-14(18)21-2/h5-8H,4,9-11H2,1-3H3. The predicted octanol–water partition coefficient (Wildman–Crippen LogP) is 1.26. The second-order valence-corrected chi connectivity index (χ2v) is 4.59. The zero-order valence-corrected chi connectivity index (χ0v) is 13.5. The molecule has 0 heterocycles. The van der Waals surface area contributed by atoms with Crippen LogP contribution >= 0.6 is 0 Å². The van der Waals surface area contributed by atoms with Gasteiger partial charge in [-0.2, -0.15) is 0 Å². The molecule has 23 heavy (non-hydrogen) atoms. The highest BCUT2D eigenvalue weighted by molar-refractivity contribution is 5.96. The van der Waals surface area contributed by atoms with E-state index >= 15 is 0 Å². The van der Waals surface area contributed by atoms with Crippen LogP contribution < -0.4 is 4.74 Å². The lowest BCUT2D eigenvalue weighted by atomic mass is 10.2. The van der Waals surface area contributed by atoms with Crippen LogP contribution in [-0.4, -0.2) is 56.7 Å². The number of rotatable bonds is 8. The Morgan fingerprint density at radius 1 is 1.00 bits per heavy atom. The van der Waals surface area contributed by atoms with Crippen molar-refractivity contribution in [3.63, 3.8) is 0 Å². The molecule has 7 heteroatoms. The fourth-order valence-electron chi connectivity index (χ4n) is 1.84. The van der Waals surface area contributed by atoms with Gasteiger partial charge in [-0.15, -0.1) is 0 Å². The first-order chi connectivity index (χ1) is 11.0. The SMILES string of the molecule is CCOc1ccc(C(=O)N(CCC(=O)OC)CC(=O)OC)cc1. The first-order valence-electron chi connectivity index (χ1n) is 7.17. The molecule has 0 fully saturated rings. The summed E-state index contributed by atoms with van der Waals surface area (Å²) in [7, 11) is 2.50. The molecule has 1 amide bonds. The lowest BCUT2D eigenvalue weighted by molar-refractivity contribution is -0.143. The van der Waals surface area contributed by atoms with E-state index in [1.165, 1.54) is 19.1 Å². The molecule has 0 spiro atoms. The number of hydrogen-bond acceptors (Lipinski definition) is 6. The molecular weight excluding hydrogens is 302 g/mol. The normalized spacial score (nSPS) is 9.87. The van der Waals surface area contributed by atoms with Crippen molar-refractivity contribution in [3.05, 3.63) is 29.8 Å². The minimum absolute atomic E-state index is 0.00371. The Labute approximate surface area is 135 Å². The van der Waals surface area contributed by atoms with Gasteiger partial charge >= 0.3 is 11.9 Å². The van der Waals surface area contributed by atoms with Crippen molar-refractivity contribution in [2.45, 2.75) is 13.3 Å². The molecule has 1 aromatic rings. The average Bonchev–Trinajstić information content (AvgIpc) is 2.58. The summed E-state index contributed by atoms with van der Waals surface area (Å²) in [5.74, 6) is -0.742. The van der Waals surface area contributed by atoms with E-state index in [-0.39, 0.29) is 25.4 Å². The van der Waals surface area contributed by atoms with Crippen LogP contribution in [0.3, 0.4) is 0 Å². The van der Waals surface area contributed by atoms with E-state index in [2.05, 4.69) is 9.47 Å². The summed E-state index contributed by atoms with van der Waals surface area (Å²) >= 11 is 0. The second-order valence-electron chi connectivity index (χ2n) is 4.59. The van der Waals surface area contributed by atoms with Gasteiger partial charge in [-0.05, 0) is 31.2 Å². The van der Waals surface area contributed by atoms with E-state index in [0.717, 1.165) is 0 Å². The molecule has 0 radical (unpaired) electrons. The van der Waals surface area contributed by atoms with Crippen LogP contribution in [0.15, 0.2) is 24.3 Å². The highest BCUT2D eigenvalue weighted by Gasteiger charge is 2.20. The molecule has 126 valence electrons. The van der Waals surface area contributed by atoms with Crippen LogP contribution in [0.1, 0.15) is 23.7 Å². The predicted molar refractivity (Wildman–Crippen MR) is 82.2 cm³/mol. The van der Waals surface area contributed by atoms with Gasteiger partial charge in [0, 0.05) is 12.1 Å². The van der Waals surface area contributed by atoms with E-state index in [9.17, 15) is 14.4 Å². The molecule has 0 unspecified atom stereocenters. The molecule has 0 N–H and O–H groups in total. The number of ether oxygens (including phenoxy) is 3. The van der Waals surface area contributed by atoms with Crippen molar-refractivity contribution in [2.24, 2.45) is 0 Å². The van der Waals surface area contributed by atoms with E-state index in [1.54, 1.807) is 24.3 Å². The Morgan fingerprint density at radius 3 is 2.13 bits per heavy atom. The molecule has 7 nitrogen and oxygen atoms in total. The fraction of sp³-hybridized carbons (Fsp3) is 0.438. The zero-order chi connectivity index (χ0) is 17.2. The number of benzene rings is 1. The summed E-state index contributed by atoms with van der Waals surface area (Å²) < 4.78 is 14.4. The van der Waals surface area contributed by atoms with Gasteiger partial charge in [0.1, 0.15) is 12.3 Å². The third-order valence-corrected chi connectivity index (χ3v) is 3.06. The van der Waals surface area contributed by atoms with Gasteiger partial charge in [0.15, 0.2) is 0 Å². The molecule has 0 bridgehead atoms. The maximum atomic E-state index is 12.5. The molecule has 0 saturated heterocycles. The van der Waals surface area contributed by atoms with Crippen LogP contribution in [0.25, 0.3) is 0 Å². The Hall–Kier alpha value is -2.57. The third kappa shape index (κ3) is 5.98. The Kier molecular flexibility index (Phi) is 7.59. The summed E-state index contributed by atoms with van der Waals surface area (Å²) in [6, 6.07) is 6.56. The van der Waals surface area contributed by atoms with Crippen molar-refractivity contribution in [1.82, 2.24) is 4.90 Å². The summed E-state index contributed by atoms with van der Waals surface area (Å²) in [5.41, 5.74) is 0.391.